The molecule has 0 saturated heterocycles. The predicted molar refractivity (Wildman–Crippen MR) is 10.8 cm³/mol. The first kappa shape index (κ1) is 15.6. The number of hydrogen-bond acceptors (Lipinski definition) is 3. The van der Waals surface area contributed by atoms with E-state index in [-0.39, 0.29) is 22.6 Å². The first-order valence-corrected chi connectivity index (χ1v) is 2.88. The van der Waals surface area contributed by atoms with Crippen LogP contribution in [-0.4, -0.2) is 8.32 Å². The van der Waals surface area contributed by atoms with E-state index in [0.29, 0.717) is 0 Å². The zero-order chi connectivity index (χ0) is 4.50. The van der Waals surface area contributed by atoms with Crippen molar-refractivity contribution in [3.8, 4) is 0 Å². The van der Waals surface area contributed by atoms with Crippen LogP contribution in [0.25, 0.3) is 0 Å². The van der Waals surface area contributed by atoms with Crippen LogP contribution >= 0.6 is 0 Å². The van der Waals surface area contributed by atoms with Gasteiger partial charge in [0.25, 0.3) is 0 Å². The molecule has 0 atom stereocenters. The van der Waals surface area contributed by atoms with E-state index in [9.17, 15) is 0 Å². The molecule has 0 spiro atoms. The Hall–Kier alpha value is 0.506. The maximum atomic E-state index is 8.82. The molecule has 0 amide bonds. The summed E-state index contributed by atoms with van der Waals surface area (Å²) >= 11 is -5.25. The summed E-state index contributed by atoms with van der Waals surface area (Å²) in [6.07, 6.45) is 0. The van der Waals surface area contributed by atoms with E-state index in [1.807, 2.05) is 0 Å². The zero-order valence-corrected chi connectivity index (χ0v) is 5.41. The minimum atomic E-state index is -5.25. The molecule has 0 aromatic rings. The fourth-order valence-corrected chi connectivity index (χ4v) is 0. The first-order chi connectivity index (χ1) is 2.00. The summed E-state index contributed by atoms with van der Waals surface area (Å²) in [7, 11) is 0. The average molecular weight is 194 g/mol. The molecule has 0 rings (SSSR count). The fraction of sp³-hybridized carbons (Fsp3) is 0. The van der Waals surface area contributed by atoms with Gasteiger partial charge in [0.2, 0.25) is 0 Å². The van der Waals surface area contributed by atoms with Crippen LogP contribution in [0.5, 0.6) is 0 Å². The van der Waals surface area contributed by atoms with Crippen molar-refractivity contribution in [1.82, 2.24) is 6.15 Å². The molecule has 5 nitrogen and oxygen atoms in total. The van der Waals surface area contributed by atoms with Crippen LogP contribution < -0.4 is 6.15 Å². The molecule has 0 fully saturated rings. The van der Waals surface area contributed by atoms with E-state index < -0.39 is 13.6 Å². The van der Waals surface area contributed by atoms with Crippen molar-refractivity contribution in [1.29, 1.82) is 0 Å². The Balaban J connectivity index is -0.0000000800. The molecule has 7 heteroatoms. The fourth-order valence-electron chi connectivity index (χ4n) is 0. The van der Waals surface area contributed by atoms with Gasteiger partial charge in [0.05, 0.1) is 0 Å². The van der Waals surface area contributed by atoms with E-state index >= 15 is 0 Å². The van der Waals surface area contributed by atoms with Gasteiger partial charge < -0.3 is 6.15 Å². The summed E-state index contributed by atoms with van der Waals surface area (Å²) < 4.78 is 31.9. The molecule has 0 bridgehead atoms. The molecular weight excluding hydrogens is 189 g/mol. The van der Waals surface area contributed by atoms with Crippen LogP contribution in [0, 0.1) is 0 Å². The van der Waals surface area contributed by atoms with Crippen LogP contribution in [0.3, 0.4) is 0 Å². The maximum absolute atomic E-state index is 8.82. The van der Waals surface area contributed by atoms with Crippen LogP contribution in [-0.2, 0) is 37.7 Å². The summed E-state index contributed by atoms with van der Waals surface area (Å²) in [5, 5.41) is 0. The third kappa shape index (κ3) is 516. The Morgan fingerprint density at radius 1 is 1.14 bits per heavy atom. The standard InChI is InChI=1S/Cr.H3N.Ni.2H2O.2O/h;1H3;;2*1H2;;/q+2;;;;;;/p-2. The van der Waals surface area contributed by atoms with E-state index in [2.05, 4.69) is 0 Å². The quantitative estimate of drug-likeness (QED) is 0.419. The Kier molecular flexibility index (Phi) is 10.4. The number of hydrogen-bond donors (Lipinski definition) is 3. The Morgan fingerprint density at radius 3 is 1.14 bits per heavy atom. The molecule has 0 aromatic heterocycles. The molecule has 0 aliphatic carbocycles. The topological polar surface area (TPSA) is 110 Å². The van der Waals surface area contributed by atoms with Gasteiger partial charge >= 0.3 is 29.5 Å². The molecule has 0 unspecified atom stereocenters. The predicted octanol–water partition coefficient (Wildman–Crippen LogP) is -1.19. The molecule has 0 saturated carbocycles. The first-order valence-electron chi connectivity index (χ1n) is 0.698. The van der Waals surface area contributed by atoms with Gasteiger partial charge in [0.1, 0.15) is 0 Å². The minimum absolute atomic E-state index is 0. The van der Waals surface area contributed by atoms with Crippen molar-refractivity contribution in [3.05, 3.63) is 0 Å². The van der Waals surface area contributed by atoms with E-state index in [0.717, 1.165) is 0 Å². The van der Waals surface area contributed by atoms with Crippen molar-refractivity contribution in [2.45, 2.75) is 0 Å². The average Bonchev–Trinajstić information content (AvgIpc) is 0.722. The molecule has 5 N–H and O–H groups in total. The summed E-state index contributed by atoms with van der Waals surface area (Å²) in [6, 6.07) is 0. The molecule has 50 valence electrons. The normalized spacial score (nSPS) is 8.29. The van der Waals surface area contributed by atoms with Gasteiger partial charge in [-0.05, 0) is 0 Å². The van der Waals surface area contributed by atoms with Crippen LogP contribution in [0.15, 0.2) is 0 Å². The third-order valence-electron chi connectivity index (χ3n) is 0. The SMILES string of the molecule is N.[Ni].[O]=[Cr](=[O])([OH])[OH]. The van der Waals surface area contributed by atoms with E-state index in [4.69, 9.17) is 15.9 Å². The summed E-state index contributed by atoms with van der Waals surface area (Å²) in [5.74, 6) is 0. The van der Waals surface area contributed by atoms with Gasteiger partial charge in [-0.1, -0.05) is 0 Å². The Morgan fingerprint density at radius 2 is 1.14 bits per heavy atom. The zero-order valence-electron chi connectivity index (χ0n) is 3.14. The van der Waals surface area contributed by atoms with Crippen molar-refractivity contribution in [2.24, 2.45) is 0 Å². The third-order valence-corrected chi connectivity index (χ3v) is 0. The molecule has 0 aromatic carbocycles. The van der Waals surface area contributed by atoms with Gasteiger partial charge in [-0.2, -0.15) is 0 Å². The molecule has 0 aliphatic rings. The molecule has 0 radical (unpaired) electrons. The summed E-state index contributed by atoms with van der Waals surface area (Å²) in [5.41, 5.74) is 0. The van der Waals surface area contributed by atoms with E-state index in [1.54, 1.807) is 0 Å². The Bertz CT molecular complexity index is 94.9. The van der Waals surface area contributed by atoms with E-state index in [1.165, 1.54) is 0 Å². The van der Waals surface area contributed by atoms with Crippen LogP contribution in [0.4, 0.5) is 0 Å². The Labute approximate surface area is 52.6 Å². The van der Waals surface area contributed by atoms with Crippen molar-refractivity contribution < 1.29 is 46.0 Å². The van der Waals surface area contributed by atoms with Gasteiger partial charge in [0, 0.05) is 16.5 Å². The van der Waals surface area contributed by atoms with Gasteiger partial charge in [-0.3, -0.25) is 0 Å². The van der Waals surface area contributed by atoms with Crippen molar-refractivity contribution >= 4 is 0 Å². The van der Waals surface area contributed by atoms with Gasteiger partial charge in [-0.25, -0.2) is 0 Å². The van der Waals surface area contributed by atoms with Crippen molar-refractivity contribution in [3.63, 3.8) is 0 Å². The second kappa shape index (κ2) is 4.66. The van der Waals surface area contributed by atoms with Gasteiger partial charge in [0.15, 0.2) is 0 Å². The molecule has 7 heavy (non-hydrogen) atoms. The molecule has 0 aliphatic heterocycles. The second-order valence-corrected chi connectivity index (χ2v) is 1.85. The molecular formula is H5CrNNiO4. The monoisotopic (exact) mass is 193 g/mol. The summed E-state index contributed by atoms with van der Waals surface area (Å²) in [6.45, 7) is 0. The second-order valence-electron chi connectivity index (χ2n) is 0.448. The van der Waals surface area contributed by atoms with Crippen LogP contribution in [0.2, 0.25) is 0 Å². The van der Waals surface area contributed by atoms with Crippen LogP contribution in [0.1, 0.15) is 0 Å². The van der Waals surface area contributed by atoms with Gasteiger partial charge in [-0.15, -0.1) is 0 Å². The van der Waals surface area contributed by atoms with Crippen molar-refractivity contribution in [2.75, 3.05) is 0 Å². The number of rotatable bonds is 0. The summed E-state index contributed by atoms with van der Waals surface area (Å²) in [4.78, 5) is 0. The molecule has 0 heterocycles.